The van der Waals surface area contributed by atoms with E-state index < -0.39 is 0 Å². The summed E-state index contributed by atoms with van der Waals surface area (Å²) in [6.45, 7) is 8.38. The minimum Gasteiger partial charge on any atom is -0.325 e. The Labute approximate surface area is 198 Å². The Morgan fingerprint density at radius 2 is 1.61 bits per heavy atom. The van der Waals surface area contributed by atoms with Gasteiger partial charge in [-0.15, -0.1) is 10.2 Å². The van der Waals surface area contributed by atoms with E-state index in [1.807, 2.05) is 66.1 Å². The third-order valence-electron chi connectivity index (χ3n) is 5.26. The third-order valence-corrected chi connectivity index (χ3v) is 6.30. The molecule has 6 nitrogen and oxygen atoms in total. The van der Waals surface area contributed by atoms with E-state index in [4.69, 9.17) is 0 Å². The number of amides is 1. The molecule has 0 spiro atoms. The van der Waals surface area contributed by atoms with Gasteiger partial charge in [0.2, 0.25) is 5.91 Å². The third kappa shape index (κ3) is 5.31. The molecule has 0 unspecified atom stereocenters. The highest BCUT2D eigenvalue weighted by Crippen LogP contribution is 2.30. The molecule has 33 heavy (non-hydrogen) atoms. The van der Waals surface area contributed by atoms with Crippen LogP contribution in [0.5, 0.6) is 0 Å². The quantitative estimate of drug-likeness (QED) is 0.374. The molecule has 0 fully saturated rings. The van der Waals surface area contributed by atoms with Crippen LogP contribution in [0.1, 0.15) is 33.3 Å². The Kier molecular flexibility index (Phi) is 6.60. The fourth-order valence-electron chi connectivity index (χ4n) is 3.35. The van der Waals surface area contributed by atoms with Gasteiger partial charge < -0.3 is 5.32 Å². The molecule has 0 saturated heterocycles. The van der Waals surface area contributed by atoms with Crippen molar-refractivity contribution in [1.29, 1.82) is 0 Å². The summed E-state index contributed by atoms with van der Waals surface area (Å²) >= 11 is 1.38. The van der Waals surface area contributed by atoms with Crippen LogP contribution in [0.3, 0.4) is 0 Å². The maximum atomic E-state index is 12.9. The zero-order chi connectivity index (χ0) is 23.4. The summed E-state index contributed by atoms with van der Waals surface area (Å²) in [5.41, 5.74) is 3.91. The topological polar surface area (TPSA) is 72.7 Å². The van der Waals surface area contributed by atoms with E-state index in [0.29, 0.717) is 11.0 Å². The molecule has 1 amide bonds. The lowest BCUT2D eigenvalue weighted by Gasteiger charge is -2.19. The van der Waals surface area contributed by atoms with E-state index in [1.54, 1.807) is 12.4 Å². The van der Waals surface area contributed by atoms with Gasteiger partial charge in [-0.3, -0.25) is 14.3 Å². The highest BCUT2D eigenvalue weighted by atomic mass is 32.2. The first-order valence-electron chi connectivity index (χ1n) is 10.8. The van der Waals surface area contributed by atoms with Crippen LogP contribution in [-0.2, 0) is 10.2 Å². The first kappa shape index (κ1) is 22.7. The number of carbonyl (C=O) groups is 1. The van der Waals surface area contributed by atoms with E-state index in [-0.39, 0.29) is 16.6 Å². The van der Waals surface area contributed by atoms with Crippen LogP contribution in [0, 0.1) is 0 Å². The fourth-order valence-corrected chi connectivity index (χ4v) is 4.22. The van der Waals surface area contributed by atoms with E-state index in [1.165, 1.54) is 17.3 Å². The standard InChI is InChI=1S/C26H27N5OS/c1-18(24(32)28-21-12-10-20(11-13-21)26(2,3)4)33-25-30-29-23(19-14-16-27-17-15-19)31(25)22-8-6-5-7-9-22/h5-18H,1-4H3,(H,28,32)/t18-/m0/s1. The maximum absolute atomic E-state index is 12.9. The highest BCUT2D eigenvalue weighted by Gasteiger charge is 2.22. The van der Waals surface area contributed by atoms with Gasteiger partial charge in [0.15, 0.2) is 11.0 Å². The van der Waals surface area contributed by atoms with Crippen molar-refractivity contribution in [2.24, 2.45) is 0 Å². The van der Waals surface area contributed by atoms with Gasteiger partial charge in [0.25, 0.3) is 0 Å². The van der Waals surface area contributed by atoms with Gasteiger partial charge in [-0.05, 0) is 54.3 Å². The number of nitrogens with one attached hydrogen (secondary N) is 1. The van der Waals surface area contributed by atoms with Gasteiger partial charge in [-0.2, -0.15) is 0 Å². The average Bonchev–Trinajstić information content (AvgIpc) is 3.23. The molecule has 168 valence electrons. The molecule has 0 radical (unpaired) electrons. The lowest BCUT2D eigenvalue weighted by molar-refractivity contribution is -0.115. The van der Waals surface area contributed by atoms with Crippen LogP contribution < -0.4 is 5.32 Å². The number of hydrogen-bond acceptors (Lipinski definition) is 5. The van der Waals surface area contributed by atoms with E-state index in [0.717, 1.165) is 16.9 Å². The van der Waals surface area contributed by atoms with Gasteiger partial charge >= 0.3 is 0 Å². The molecule has 0 aliphatic rings. The summed E-state index contributed by atoms with van der Waals surface area (Å²) in [6, 6.07) is 21.7. The maximum Gasteiger partial charge on any atom is 0.237 e. The molecular weight excluding hydrogens is 430 g/mol. The number of carbonyl (C=O) groups excluding carboxylic acids is 1. The predicted molar refractivity (Wildman–Crippen MR) is 134 cm³/mol. The van der Waals surface area contributed by atoms with Gasteiger partial charge in [0.05, 0.1) is 5.25 Å². The minimum absolute atomic E-state index is 0.0692. The van der Waals surface area contributed by atoms with Crippen molar-refractivity contribution in [2.75, 3.05) is 5.32 Å². The Balaban J connectivity index is 1.56. The zero-order valence-corrected chi connectivity index (χ0v) is 20.0. The SMILES string of the molecule is C[C@H](Sc1nnc(-c2ccncc2)n1-c1ccccc1)C(=O)Nc1ccc(C(C)(C)C)cc1. The molecule has 7 heteroatoms. The average molecular weight is 458 g/mol. The second kappa shape index (κ2) is 9.58. The lowest BCUT2D eigenvalue weighted by atomic mass is 9.87. The number of pyridine rings is 1. The van der Waals surface area contributed by atoms with Crippen molar-refractivity contribution >= 4 is 23.4 Å². The van der Waals surface area contributed by atoms with Crippen LogP contribution in [0.15, 0.2) is 84.3 Å². The molecule has 1 N–H and O–H groups in total. The van der Waals surface area contributed by atoms with Gasteiger partial charge in [-0.25, -0.2) is 0 Å². The van der Waals surface area contributed by atoms with E-state index >= 15 is 0 Å². The second-order valence-corrected chi connectivity index (χ2v) is 10.1. The highest BCUT2D eigenvalue weighted by molar-refractivity contribution is 8.00. The van der Waals surface area contributed by atoms with Crippen LogP contribution in [0.4, 0.5) is 5.69 Å². The molecule has 0 saturated carbocycles. The van der Waals surface area contributed by atoms with Crippen LogP contribution >= 0.6 is 11.8 Å². The van der Waals surface area contributed by atoms with Crippen molar-refractivity contribution in [3.8, 4) is 17.1 Å². The summed E-state index contributed by atoms with van der Waals surface area (Å²) in [5, 5.41) is 12.1. The normalized spacial score (nSPS) is 12.4. The zero-order valence-electron chi connectivity index (χ0n) is 19.2. The molecule has 1 atom stereocenters. The molecule has 4 aromatic rings. The van der Waals surface area contributed by atoms with Crippen LogP contribution in [0.2, 0.25) is 0 Å². The molecule has 0 aliphatic carbocycles. The monoisotopic (exact) mass is 457 g/mol. The summed E-state index contributed by atoms with van der Waals surface area (Å²) in [5.74, 6) is 0.619. The summed E-state index contributed by atoms with van der Waals surface area (Å²) in [6.07, 6.45) is 3.46. The number of thioether (sulfide) groups is 1. The van der Waals surface area contributed by atoms with E-state index in [9.17, 15) is 4.79 Å². The van der Waals surface area contributed by atoms with Gasteiger partial charge in [0.1, 0.15) is 0 Å². The molecule has 2 aromatic heterocycles. The minimum atomic E-state index is -0.371. The van der Waals surface area contributed by atoms with Gasteiger partial charge in [0, 0.05) is 29.3 Å². The van der Waals surface area contributed by atoms with Crippen molar-refractivity contribution in [1.82, 2.24) is 19.7 Å². The number of anilines is 1. The number of para-hydroxylation sites is 1. The molecule has 0 bridgehead atoms. The number of nitrogens with zero attached hydrogens (tertiary/aromatic N) is 4. The number of rotatable bonds is 6. The lowest BCUT2D eigenvalue weighted by Crippen LogP contribution is -2.23. The Morgan fingerprint density at radius 1 is 0.939 bits per heavy atom. The summed E-state index contributed by atoms with van der Waals surface area (Å²) in [7, 11) is 0. The fraction of sp³-hybridized carbons (Fsp3) is 0.231. The molecule has 2 heterocycles. The first-order chi connectivity index (χ1) is 15.8. The molecule has 4 rings (SSSR count). The number of hydrogen-bond donors (Lipinski definition) is 1. The van der Waals surface area contributed by atoms with Gasteiger partial charge in [-0.1, -0.05) is 62.9 Å². The van der Waals surface area contributed by atoms with Crippen molar-refractivity contribution in [3.05, 3.63) is 84.7 Å². The Hall–Kier alpha value is -3.45. The first-order valence-corrected chi connectivity index (χ1v) is 11.7. The Morgan fingerprint density at radius 3 is 2.24 bits per heavy atom. The molecule has 2 aromatic carbocycles. The largest absolute Gasteiger partial charge is 0.325 e. The van der Waals surface area contributed by atoms with Crippen molar-refractivity contribution in [3.63, 3.8) is 0 Å². The van der Waals surface area contributed by atoms with Crippen molar-refractivity contribution < 1.29 is 4.79 Å². The number of benzene rings is 2. The van der Waals surface area contributed by atoms with Crippen LogP contribution in [0.25, 0.3) is 17.1 Å². The summed E-state index contributed by atoms with van der Waals surface area (Å²) in [4.78, 5) is 17.0. The van der Waals surface area contributed by atoms with Crippen LogP contribution in [-0.4, -0.2) is 30.9 Å². The molecule has 0 aliphatic heterocycles. The van der Waals surface area contributed by atoms with E-state index in [2.05, 4.69) is 53.4 Å². The summed E-state index contributed by atoms with van der Waals surface area (Å²) < 4.78 is 1.97. The molecular formula is C26H27N5OS. The second-order valence-electron chi connectivity index (χ2n) is 8.79. The smallest absolute Gasteiger partial charge is 0.237 e. The van der Waals surface area contributed by atoms with Crippen molar-refractivity contribution in [2.45, 2.75) is 43.5 Å². The predicted octanol–water partition coefficient (Wildman–Crippen LogP) is 5.75. The Bertz CT molecular complexity index is 1220. The number of aromatic nitrogens is 4.